The third-order valence-electron chi connectivity index (χ3n) is 4.16. The lowest BCUT2D eigenvalue weighted by atomic mass is 10.0. The molecule has 28 heavy (non-hydrogen) atoms. The lowest BCUT2D eigenvalue weighted by molar-refractivity contribution is -0.286. The van der Waals surface area contributed by atoms with Crippen LogP contribution in [-0.2, 0) is 6.42 Å². The van der Waals surface area contributed by atoms with Crippen molar-refractivity contribution in [2.45, 2.75) is 12.7 Å². The molecule has 4 nitrogen and oxygen atoms in total. The minimum atomic E-state index is -3.74. The van der Waals surface area contributed by atoms with Crippen LogP contribution in [-0.4, -0.2) is 17.1 Å². The Kier molecular flexibility index (Phi) is 4.47. The van der Waals surface area contributed by atoms with Gasteiger partial charge in [0.2, 0.25) is 0 Å². The van der Waals surface area contributed by atoms with Gasteiger partial charge in [-0.15, -0.1) is 8.78 Å². The molecular weight excluding hydrogens is 395 g/mol. The fourth-order valence-corrected chi connectivity index (χ4v) is 3.08. The van der Waals surface area contributed by atoms with Crippen LogP contribution in [0.25, 0.3) is 11.1 Å². The molecule has 0 saturated carbocycles. The molecule has 0 amide bonds. The monoisotopic (exact) mass is 405 g/mol. The minimum Gasteiger partial charge on any atom is -0.395 e. The number of aromatic nitrogens is 1. The van der Waals surface area contributed by atoms with Gasteiger partial charge >= 0.3 is 6.29 Å². The highest BCUT2D eigenvalue weighted by Crippen LogP contribution is 2.45. The Morgan fingerprint density at radius 2 is 1.79 bits per heavy atom. The maximum atomic E-state index is 13.7. The number of halogens is 4. The van der Waals surface area contributed by atoms with E-state index >= 15 is 0 Å². The Balaban J connectivity index is 1.57. The zero-order valence-electron chi connectivity index (χ0n) is 14.1. The Morgan fingerprint density at radius 1 is 1.07 bits per heavy atom. The molecule has 3 aromatic rings. The van der Waals surface area contributed by atoms with Gasteiger partial charge in [0.15, 0.2) is 17.3 Å². The highest BCUT2D eigenvalue weighted by atomic mass is 35.5. The minimum absolute atomic E-state index is 0.126. The fourth-order valence-electron chi connectivity index (χ4n) is 2.82. The predicted molar refractivity (Wildman–Crippen MR) is 95.3 cm³/mol. The number of alkyl halides is 2. The summed E-state index contributed by atoms with van der Waals surface area (Å²) < 4.78 is 48.9. The SMILES string of the molecule is O=C(Cc1ccccc1F)c1ccc(-c2cc3c(cc2Cl)OC(F)(F)O3)cn1. The summed E-state index contributed by atoms with van der Waals surface area (Å²) >= 11 is 6.15. The fraction of sp³-hybridized carbons (Fsp3) is 0.100. The number of carbonyl (C=O) groups excluding carboxylic acids is 1. The average molecular weight is 406 g/mol. The number of hydrogen-bond donors (Lipinski definition) is 0. The highest BCUT2D eigenvalue weighted by Gasteiger charge is 2.43. The van der Waals surface area contributed by atoms with Crippen molar-refractivity contribution in [1.82, 2.24) is 4.98 Å². The van der Waals surface area contributed by atoms with Crippen LogP contribution in [0.3, 0.4) is 0 Å². The summed E-state index contributed by atoms with van der Waals surface area (Å²) in [5, 5.41) is 0.160. The van der Waals surface area contributed by atoms with Crippen LogP contribution in [0.5, 0.6) is 11.5 Å². The van der Waals surface area contributed by atoms with Gasteiger partial charge in [-0.3, -0.25) is 9.78 Å². The van der Waals surface area contributed by atoms with Crippen molar-refractivity contribution >= 4 is 17.4 Å². The third kappa shape index (κ3) is 3.53. The molecule has 142 valence electrons. The normalized spacial score (nSPS) is 14.1. The van der Waals surface area contributed by atoms with Crippen LogP contribution in [0.2, 0.25) is 5.02 Å². The van der Waals surface area contributed by atoms with Crippen molar-refractivity contribution in [3.05, 3.63) is 76.8 Å². The smallest absolute Gasteiger partial charge is 0.395 e. The summed E-state index contributed by atoms with van der Waals surface area (Å²) in [5.74, 6) is -1.13. The van der Waals surface area contributed by atoms with Crippen LogP contribution in [0.1, 0.15) is 16.1 Å². The van der Waals surface area contributed by atoms with E-state index < -0.39 is 12.1 Å². The number of rotatable bonds is 4. The number of fused-ring (bicyclic) bond motifs is 1. The van der Waals surface area contributed by atoms with Crippen LogP contribution in [0, 0.1) is 5.82 Å². The lowest BCUT2D eigenvalue weighted by Crippen LogP contribution is -2.25. The van der Waals surface area contributed by atoms with Crippen LogP contribution in [0.15, 0.2) is 54.7 Å². The van der Waals surface area contributed by atoms with Crippen molar-refractivity contribution in [3.63, 3.8) is 0 Å². The summed E-state index contributed by atoms with van der Waals surface area (Å²) in [4.78, 5) is 16.4. The number of hydrogen-bond acceptors (Lipinski definition) is 4. The van der Waals surface area contributed by atoms with Gasteiger partial charge in [-0.05, 0) is 23.8 Å². The molecule has 0 unspecified atom stereocenters. The summed E-state index contributed by atoms with van der Waals surface area (Å²) in [7, 11) is 0. The summed E-state index contributed by atoms with van der Waals surface area (Å²) in [6, 6.07) is 11.6. The van der Waals surface area contributed by atoms with Crippen molar-refractivity contribution in [3.8, 4) is 22.6 Å². The number of benzene rings is 2. The summed E-state index contributed by atoms with van der Waals surface area (Å²) in [6.45, 7) is 0. The van der Waals surface area contributed by atoms with E-state index in [0.29, 0.717) is 11.1 Å². The molecule has 0 atom stereocenters. The second-order valence-corrected chi connectivity index (χ2v) is 6.48. The number of ketones is 1. The number of carbonyl (C=O) groups is 1. The zero-order chi connectivity index (χ0) is 19.9. The van der Waals surface area contributed by atoms with E-state index in [0.717, 1.165) is 0 Å². The van der Waals surface area contributed by atoms with Gasteiger partial charge < -0.3 is 9.47 Å². The van der Waals surface area contributed by atoms with Crippen LogP contribution in [0.4, 0.5) is 13.2 Å². The highest BCUT2D eigenvalue weighted by molar-refractivity contribution is 6.33. The van der Waals surface area contributed by atoms with Gasteiger partial charge in [0.05, 0.1) is 5.02 Å². The molecular formula is C20H11ClF3NO3. The molecule has 0 bridgehead atoms. The van der Waals surface area contributed by atoms with E-state index in [-0.39, 0.29) is 40.0 Å². The van der Waals surface area contributed by atoms with Crippen molar-refractivity contribution < 1.29 is 27.4 Å². The van der Waals surface area contributed by atoms with Gasteiger partial charge in [-0.25, -0.2) is 4.39 Å². The molecule has 0 aliphatic carbocycles. The topological polar surface area (TPSA) is 48.4 Å². The molecule has 1 aromatic heterocycles. The maximum Gasteiger partial charge on any atom is 0.586 e. The Hall–Kier alpha value is -3.06. The Morgan fingerprint density at radius 3 is 2.46 bits per heavy atom. The quantitative estimate of drug-likeness (QED) is 0.553. The molecule has 4 rings (SSSR count). The molecule has 1 aliphatic rings. The van der Waals surface area contributed by atoms with Gasteiger partial charge in [0.1, 0.15) is 11.5 Å². The summed E-state index contributed by atoms with van der Waals surface area (Å²) in [5.41, 5.74) is 1.31. The van der Waals surface area contributed by atoms with Gasteiger partial charge in [-0.1, -0.05) is 35.9 Å². The molecule has 0 saturated heterocycles. The molecule has 0 fully saturated rings. The van der Waals surface area contributed by atoms with E-state index in [2.05, 4.69) is 14.5 Å². The first-order valence-corrected chi connectivity index (χ1v) is 8.52. The molecule has 8 heteroatoms. The van der Waals surface area contributed by atoms with Crippen molar-refractivity contribution in [2.24, 2.45) is 0 Å². The number of nitrogens with zero attached hydrogens (tertiary/aromatic N) is 1. The van der Waals surface area contributed by atoms with Gasteiger partial charge in [0, 0.05) is 29.8 Å². The standard InChI is InChI=1S/C20H11ClF3NO3/c21-14-9-19-18(27-20(23,24)28-19)8-13(14)12-5-6-16(25-10-12)17(26)7-11-3-1-2-4-15(11)22/h1-6,8-10H,7H2. The van der Waals surface area contributed by atoms with E-state index in [1.165, 1.54) is 36.5 Å². The molecule has 0 N–H and O–H groups in total. The third-order valence-corrected chi connectivity index (χ3v) is 4.47. The number of ether oxygens (including phenoxy) is 2. The van der Waals surface area contributed by atoms with Crippen molar-refractivity contribution in [1.29, 1.82) is 0 Å². The maximum absolute atomic E-state index is 13.7. The molecule has 1 aliphatic heterocycles. The van der Waals surface area contributed by atoms with Crippen LogP contribution >= 0.6 is 11.6 Å². The second-order valence-electron chi connectivity index (χ2n) is 6.07. The Bertz CT molecular complexity index is 1070. The van der Waals surface area contributed by atoms with E-state index in [4.69, 9.17) is 11.6 Å². The first-order valence-electron chi connectivity index (χ1n) is 8.15. The first kappa shape index (κ1) is 18.3. The van der Waals surface area contributed by atoms with E-state index in [9.17, 15) is 18.0 Å². The number of Topliss-reactive ketones (excluding diaryl/α,β-unsaturated/α-hetero) is 1. The van der Waals surface area contributed by atoms with Crippen molar-refractivity contribution in [2.75, 3.05) is 0 Å². The zero-order valence-corrected chi connectivity index (χ0v) is 14.8. The summed E-state index contributed by atoms with van der Waals surface area (Å²) in [6.07, 6.45) is -2.49. The lowest BCUT2D eigenvalue weighted by Gasteiger charge is -2.07. The first-order chi connectivity index (χ1) is 13.3. The average Bonchev–Trinajstić information content (AvgIpc) is 2.96. The van der Waals surface area contributed by atoms with E-state index in [1.807, 2.05) is 0 Å². The molecule has 0 spiro atoms. The molecule has 0 radical (unpaired) electrons. The Labute approximate surface area is 162 Å². The predicted octanol–water partition coefficient (Wildman–Crippen LogP) is 5.29. The molecule has 2 aromatic carbocycles. The second kappa shape index (κ2) is 6.83. The van der Waals surface area contributed by atoms with Gasteiger partial charge in [0.25, 0.3) is 0 Å². The molecule has 2 heterocycles. The van der Waals surface area contributed by atoms with Crippen LogP contribution < -0.4 is 9.47 Å². The number of pyridine rings is 1. The van der Waals surface area contributed by atoms with Gasteiger partial charge in [-0.2, -0.15) is 0 Å². The largest absolute Gasteiger partial charge is 0.586 e. The van der Waals surface area contributed by atoms with E-state index in [1.54, 1.807) is 18.2 Å².